The van der Waals surface area contributed by atoms with E-state index in [1.165, 1.54) is 0 Å². The van der Waals surface area contributed by atoms with Gasteiger partial charge in [-0.3, -0.25) is 4.79 Å². The van der Waals surface area contributed by atoms with Crippen LogP contribution in [0.4, 0.5) is 0 Å². The van der Waals surface area contributed by atoms with E-state index in [2.05, 4.69) is 29.3 Å². The molecule has 5 heteroatoms. The second kappa shape index (κ2) is 8.42. The van der Waals surface area contributed by atoms with Gasteiger partial charge in [-0.15, -0.1) is 0 Å². The summed E-state index contributed by atoms with van der Waals surface area (Å²) < 4.78 is 5.41. The molecule has 27 heavy (non-hydrogen) atoms. The first kappa shape index (κ1) is 20.7. The molecule has 0 bridgehead atoms. The van der Waals surface area contributed by atoms with Crippen LogP contribution in [0.3, 0.4) is 0 Å². The first-order valence-corrected chi connectivity index (χ1v) is 9.30. The molecular weight excluding hydrogens is 338 g/mol. The molecule has 0 saturated heterocycles. The SMILES string of the molecule is C=N/C(NC1(C)CC1)=C(\C)C(C(=O)NC(C)c1ccccc1OC)=C(C)C. The number of nitrogens with zero attached hydrogens (tertiary/aromatic N) is 1. The van der Waals surface area contributed by atoms with Crippen molar-refractivity contribution in [2.24, 2.45) is 4.99 Å². The number of amides is 1. The zero-order valence-corrected chi connectivity index (χ0v) is 17.3. The van der Waals surface area contributed by atoms with Gasteiger partial charge >= 0.3 is 0 Å². The number of hydrogen-bond donors (Lipinski definition) is 2. The lowest BCUT2D eigenvalue weighted by atomic mass is 10.00. The molecule has 1 aromatic carbocycles. The Hall–Kier alpha value is -2.56. The van der Waals surface area contributed by atoms with Crippen molar-refractivity contribution in [3.05, 3.63) is 52.4 Å². The van der Waals surface area contributed by atoms with Gasteiger partial charge in [0, 0.05) is 22.2 Å². The Morgan fingerprint density at radius 2 is 1.89 bits per heavy atom. The monoisotopic (exact) mass is 369 g/mol. The smallest absolute Gasteiger partial charge is 0.252 e. The van der Waals surface area contributed by atoms with Crippen LogP contribution in [-0.2, 0) is 4.79 Å². The Morgan fingerprint density at radius 3 is 2.41 bits per heavy atom. The standard InChI is InChI=1S/C22H31N3O2/c1-14(2)19(15(3)20(23-6)25-22(5)12-13-22)21(26)24-16(4)17-10-8-9-11-18(17)27-7/h8-11,16,25H,6,12-13H2,1-5,7H3,(H,24,26)/b20-15-. The highest BCUT2D eigenvalue weighted by molar-refractivity contribution is 5.98. The summed E-state index contributed by atoms with van der Waals surface area (Å²) in [6, 6.07) is 7.52. The van der Waals surface area contributed by atoms with Gasteiger partial charge in [-0.2, -0.15) is 0 Å². The van der Waals surface area contributed by atoms with Crippen LogP contribution in [0.2, 0.25) is 0 Å². The maximum absolute atomic E-state index is 13.1. The number of allylic oxidation sites excluding steroid dienone is 1. The minimum atomic E-state index is -0.190. The van der Waals surface area contributed by atoms with Crippen LogP contribution in [0.5, 0.6) is 5.75 Å². The fourth-order valence-electron chi connectivity index (χ4n) is 3.11. The van der Waals surface area contributed by atoms with Crippen molar-refractivity contribution in [1.29, 1.82) is 0 Å². The van der Waals surface area contributed by atoms with E-state index in [-0.39, 0.29) is 17.5 Å². The predicted molar refractivity (Wildman–Crippen MR) is 111 cm³/mol. The Morgan fingerprint density at radius 1 is 1.26 bits per heavy atom. The summed E-state index contributed by atoms with van der Waals surface area (Å²) >= 11 is 0. The molecule has 0 heterocycles. The summed E-state index contributed by atoms with van der Waals surface area (Å²) in [6.45, 7) is 13.6. The molecule has 1 unspecified atom stereocenters. The lowest BCUT2D eigenvalue weighted by molar-refractivity contribution is -0.117. The van der Waals surface area contributed by atoms with Crippen molar-refractivity contribution >= 4 is 12.6 Å². The largest absolute Gasteiger partial charge is 0.496 e. The molecule has 2 rings (SSSR count). The third-order valence-electron chi connectivity index (χ3n) is 4.99. The molecule has 1 aromatic rings. The molecule has 1 fully saturated rings. The minimum Gasteiger partial charge on any atom is -0.496 e. The minimum absolute atomic E-state index is 0.0612. The Labute approximate surface area is 162 Å². The van der Waals surface area contributed by atoms with Gasteiger partial charge in [-0.05, 0) is 60.2 Å². The average Bonchev–Trinajstić information content (AvgIpc) is 3.36. The van der Waals surface area contributed by atoms with E-state index in [9.17, 15) is 4.79 Å². The van der Waals surface area contributed by atoms with Gasteiger partial charge in [-0.1, -0.05) is 23.8 Å². The fourth-order valence-corrected chi connectivity index (χ4v) is 3.11. The van der Waals surface area contributed by atoms with E-state index < -0.39 is 0 Å². The molecule has 1 amide bonds. The molecule has 1 saturated carbocycles. The van der Waals surface area contributed by atoms with Gasteiger partial charge < -0.3 is 15.4 Å². The van der Waals surface area contributed by atoms with E-state index in [0.717, 1.165) is 35.3 Å². The van der Waals surface area contributed by atoms with Gasteiger partial charge in [0.15, 0.2) is 0 Å². The van der Waals surface area contributed by atoms with Crippen molar-refractivity contribution in [2.75, 3.05) is 7.11 Å². The van der Waals surface area contributed by atoms with Gasteiger partial charge in [0.05, 0.1) is 13.2 Å². The second-order valence-electron chi connectivity index (χ2n) is 7.63. The highest BCUT2D eigenvalue weighted by atomic mass is 16.5. The molecule has 0 radical (unpaired) electrons. The Bertz CT molecular complexity index is 785. The molecule has 2 N–H and O–H groups in total. The highest BCUT2D eigenvalue weighted by Crippen LogP contribution is 2.36. The van der Waals surface area contributed by atoms with Crippen LogP contribution >= 0.6 is 0 Å². The summed E-state index contributed by atoms with van der Waals surface area (Å²) in [5, 5.41) is 6.52. The second-order valence-corrected chi connectivity index (χ2v) is 7.63. The summed E-state index contributed by atoms with van der Waals surface area (Å²) in [4.78, 5) is 17.2. The average molecular weight is 370 g/mol. The van der Waals surface area contributed by atoms with Crippen LogP contribution in [0.1, 0.15) is 59.1 Å². The number of ether oxygens (including phenoxy) is 1. The molecule has 0 aliphatic heterocycles. The lowest BCUT2D eigenvalue weighted by Crippen LogP contribution is -2.31. The fraction of sp³-hybridized carbons (Fsp3) is 0.455. The van der Waals surface area contributed by atoms with Crippen LogP contribution in [0.25, 0.3) is 0 Å². The number of methoxy groups -OCH3 is 1. The number of para-hydroxylation sites is 1. The van der Waals surface area contributed by atoms with E-state index in [0.29, 0.717) is 11.4 Å². The number of rotatable bonds is 8. The summed E-state index contributed by atoms with van der Waals surface area (Å²) in [6.07, 6.45) is 2.20. The Balaban J connectivity index is 2.27. The number of benzene rings is 1. The van der Waals surface area contributed by atoms with Crippen molar-refractivity contribution in [3.63, 3.8) is 0 Å². The van der Waals surface area contributed by atoms with E-state index >= 15 is 0 Å². The summed E-state index contributed by atoms with van der Waals surface area (Å²) in [7, 11) is 1.63. The van der Waals surface area contributed by atoms with E-state index in [1.807, 2.05) is 52.0 Å². The molecule has 146 valence electrons. The molecule has 5 nitrogen and oxygen atoms in total. The van der Waals surface area contributed by atoms with Crippen LogP contribution in [0, 0.1) is 0 Å². The van der Waals surface area contributed by atoms with Crippen LogP contribution in [-0.4, -0.2) is 25.3 Å². The summed E-state index contributed by atoms with van der Waals surface area (Å²) in [5.41, 5.74) is 3.37. The van der Waals surface area contributed by atoms with Gasteiger partial charge in [0.1, 0.15) is 11.6 Å². The van der Waals surface area contributed by atoms with E-state index in [1.54, 1.807) is 7.11 Å². The molecule has 0 aromatic heterocycles. The molecule has 1 atom stereocenters. The molecular formula is C22H31N3O2. The van der Waals surface area contributed by atoms with Crippen molar-refractivity contribution in [1.82, 2.24) is 10.6 Å². The third-order valence-corrected chi connectivity index (χ3v) is 4.99. The zero-order valence-electron chi connectivity index (χ0n) is 17.3. The lowest BCUT2D eigenvalue weighted by Gasteiger charge is -2.21. The molecule has 1 aliphatic rings. The van der Waals surface area contributed by atoms with Crippen molar-refractivity contribution in [3.8, 4) is 5.75 Å². The van der Waals surface area contributed by atoms with Crippen LogP contribution in [0.15, 0.2) is 51.8 Å². The topological polar surface area (TPSA) is 62.7 Å². The van der Waals surface area contributed by atoms with Gasteiger partial charge in [0.25, 0.3) is 5.91 Å². The normalized spacial score (nSPS) is 16.5. The third kappa shape index (κ3) is 5.00. The highest BCUT2D eigenvalue weighted by Gasteiger charge is 2.38. The van der Waals surface area contributed by atoms with Crippen LogP contribution < -0.4 is 15.4 Å². The molecule has 1 aliphatic carbocycles. The predicted octanol–water partition coefficient (Wildman–Crippen LogP) is 4.28. The first-order valence-electron chi connectivity index (χ1n) is 9.30. The summed E-state index contributed by atoms with van der Waals surface area (Å²) in [5.74, 6) is 1.30. The first-order chi connectivity index (χ1) is 12.7. The molecule has 0 spiro atoms. The van der Waals surface area contributed by atoms with Crippen molar-refractivity contribution in [2.45, 2.75) is 59.0 Å². The number of carbonyl (C=O) groups excluding carboxylic acids is 1. The number of aliphatic imine (C=N–C) groups is 1. The zero-order chi connectivity index (χ0) is 20.2. The maximum Gasteiger partial charge on any atom is 0.252 e. The van der Waals surface area contributed by atoms with E-state index in [4.69, 9.17) is 4.74 Å². The number of hydrogen-bond acceptors (Lipinski definition) is 4. The van der Waals surface area contributed by atoms with Gasteiger partial charge in [-0.25, -0.2) is 4.99 Å². The van der Waals surface area contributed by atoms with Gasteiger partial charge in [0.2, 0.25) is 0 Å². The Kier molecular flexibility index (Phi) is 6.47. The number of nitrogens with one attached hydrogen (secondary N) is 2. The quantitative estimate of drug-likeness (QED) is 0.408. The van der Waals surface area contributed by atoms with Crippen molar-refractivity contribution < 1.29 is 9.53 Å². The number of carbonyl (C=O) groups is 1. The maximum atomic E-state index is 13.1.